The second kappa shape index (κ2) is 38.2. The van der Waals surface area contributed by atoms with E-state index in [0.29, 0.717) is 0 Å². The van der Waals surface area contributed by atoms with Crippen LogP contribution in [0.3, 0.4) is 0 Å². The Morgan fingerprint density at radius 1 is 1.20 bits per heavy atom. The molecule has 0 spiro atoms. The van der Waals surface area contributed by atoms with Crippen LogP contribution in [-0.2, 0) is 53.9 Å². The van der Waals surface area contributed by atoms with Crippen molar-refractivity contribution in [1.29, 1.82) is 0 Å². The van der Waals surface area contributed by atoms with Crippen LogP contribution in [0, 0.1) is 0 Å². The Hall–Kier alpha value is 1.96. The van der Waals surface area contributed by atoms with Gasteiger partial charge in [-0.15, -0.1) is 0 Å². The van der Waals surface area contributed by atoms with E-state index in [0.717, 1.165) is 0 Å². The first-order valence-electron chi connectivity index (χ1n) is 0.154. The third-order valence-corrected chi connectivity index (χ3v) is 0. The van der Waals surface area contributed by atoms with Crippen molar-refractivity contribution in [3.8, 4) is 0 Å². The van der Waals surface area contributed by atoms with Crippen LogP contribution in [0.1, 0.15) is 0 Å². The average Bonchev–Trinajstić information content (AvgIpc) is 1.00. The molecule has 0 aliphatic carbocycles. The fourth-order valence-corrected chi connectivity index (χ4v) is 0. The first kappa shape index (κ1) is 28.2. The third kappa shape index (κ3) is 24.4. The summed E-state index contributed by atoms with van der Waals surface area (Å²) in [5.74, 6) is 0. The number of hydrogen-bond donors (Lipinski definition) is 0. The molecule has 0 saturated heterocycles. The zero-order chi connectivity index (χ0) is 2.00. The van der Waals surface area contributed by atoms with Crippen LogP contribution in [0.2, 0.25) is 0 Å². The second-order valence-electron chi connectivity index (χ2n) is 0. The number of rotatable bonds is 0. The summed E-state index contributed by atoms with van der Waals surface area (Å²) < 4.78 is 8.06. The van der Waals surface area contributed by atoms with Gasteiger partial charge in [0.25, 0.3) is 0 Å². The van der Waals surface area contributed by atoms with Gasteiger partial charge in [-0.3, -0.25) is 0 Å². The molecule has 0 fully saturated rings. The van der Waals surface area contributed by atoms with Gasteiger partial charge in [-0.25, -0.2) is 0 Å². The first-order valence-corrected chi connectivity index (χ1v) is 0.636. The normalized spacial score (nSPS) is 0.800. The van der Waals surface area contributed by atoms with Crippen LogP contribution >= 0.6 is 0 Å². The van der Waals surface area contributed by atoms with Gasteiger partial charge in [0, 0.05) is 34.1 Å². The molecule has 1 radical (unpaired) electrons. The van der Waals surface area contributed by atoms with Gasteiger partial charge in [0.2, 0.25) is 0 Å². The molecule has 0 N–H and O–H groups in total. The predicted molar refractivity (Wildman–Crippen MR) is 7.84 cm³/mol. The van der Waals surface area contributed by atoms with Crippen LogP contribution in [0.5, 0.6) is 0 Å². The van der Waals surface area contributed by atoms with Gasteiger partial charge in [-0.1, -0.05) is 0 Å². The Kier molecular flexibility index (Phi) is 216. The molecule has 0 aliphatic heterocycles. The van der Waals surface area contributed by atoms with Crippen molar-refractivity contribution in [2.75, 3.05) is 0 Å². The van der Waals surface area contributed by atoms with E-state index in [1.807, 2.05) is 0 Å². The van der Waals surface area contributed by atoms with Crippen molar-refractivity contribution >= 4 is 18.9 Å². The molecule has 5 heteroatoms. The first-order chi connectivity index (χ1) is 1.00. The van der Waals surface area contributed by atoms with Gasteiger partial charge >= 0.3 is 38.6 Å². The maximum absolute atomic E-state index is 8.06. The minimum atomic E-state index is 0. The molecule has 0 saturated carbocycles. The van der Waals surface area contributed by atoms with E-state index in [-0.39, 0.29) is 53.0 Å². The van der Waals surface area contributed by atoms with E-state index < -0.39 is 0 Å². The minimum absolute atomic E-state index is 0. The quantitative estimate of drug-likeness (QED) is 0.458. The van der Waals surface area contributed by atoms with E-state index in [9.17, 15) is 0 Å². The summed E-state index contributed by atoms with van der Waals surface area (Å²) in [5, 5.41) is 0. The summed E-state index contributed by atoms with van der Waals surface area (Å²) in [6.45, 7) is 0. The van der Waals surface area contributed by atoms with Gasteiger partial charge in [-0.2, -0.15) is 0 Å². The molecule has 0 rings (SSSR count). The standard InChI is InChI=1S/Fe.Li.2Mn.O.H. The fraction of sp³-hybridized carbons (Fsp3) is 0. The van der Waals surface area contributed by atoms with E-state index in [2.05, 4.69) is 0 Å². The van der Waals surface area contributed by atoms with Crippen LogP contribution in [0.4, 0.5) is 0 Å². The van der Waals surface area contributed by atoms with E-state index in [1.54, 1.807) is 15.9 Å². The molecule has 0 heterocycles. The topological polar surface area (TPSA) is 17.1 Å². The van der Waals surface area contributed by atoms with Crippen molar-refractivity contribution in [2.24, 2.45) is 0 Å². The fourth-order valence-electron chi connectivity index (χ4n) is 0. The van der Waals surface area contributed by atoms with Crippen molar-refractivity contribution < 1.29 is 53.9 Å². The van der Waals surface area contributed by atoms with Crippen molar-refractivity contribution in [3.05, 3.63) is 0 Å². The summed E-state index contributed by atoms with van der Waals surface area (Å²) in [5.41, 5.74) is 0. The molecule has 0 amide bonds. The summed E-state index contributed by atoms with van der Waals surface area (Å²) in [7, 11) is 0. The number of hydrogen-bond acceptors (Lipinski definition) is 1. The molecule has 0 aliphatic rings. The molecule has 0 aromatic heterocycles. The molecular weight excluding hydrogens is 189 g/mol. The molecule has 0 bridgehead atoms. The van der Waals surface area contributed by atoms with Crippen LogP contribution in [-0.4, -0.2) is 18.9 Å². The molecule has 0 aromatic rings. The Morgan fingerprint density at radius 2 is 1.20 bits per heavy atom. The summed E-state index contributed by atoms with van der Waals surface area (Å²) in [6.07, 6.45) is 0. The van der Waals surface area contributed by atoms with Crippen LogP contribution in [0.25, 0.3) is 0 Å². The Balaban J connectivity index is -0.00000000167. The maximum atomic E-state index is 8.06. The van der Waals surface area contributed by atoms with Crippen LogP contribution in [0.15, 0.2) is 0 Å². The third-order valence-electron chi connectivity index (χ3n) is 0. The van der Waals surface area contributed by atoms with E-state index in [4.69, 9.17) is 3.83 Å². The van der Waals surface area contributed by atoms with Gasteiger partial charge in [0.1, 0.15) is 0 Å². The molecular formula is HFeLiMn2O. The summed E-state index contributed by atoms with van der Waals surface area (Å²) in [6, 6.07) is 0. The molecule has 30 valence electrons. The summed E-state index contributed by atoms with van der Waals surface area (Å²) >= 11 is 1.69. The SMILES string of the molecule is [Fe].[LiH].[Mn].[O]=[Mn]. The Morgan fingerprint density at radius 3 is 1.20 bits per heavy atom. The molecule has 1 nitrogen and oxygen atoms in total. The zero-order valence-electron chi connectivity index (χ0n) is 1.52. The average molecular weight is 190 g/mol. The molecule has 0 unspecified atom stereocenters. The monoisotopic (exact) mass is 190 g/mol. The van der Waals surface area contributed by atoms with Gasteiger partial charge in [0.15, 0.2) is 0 Å². The second-order valence-corrected chi connectivity index (χ2v) is 0. The summed E-state index contributed by atoms with van der Waals surface area (Å²) in [4.78, 5) is 0. The Bertz CT molecular complexity index is 9.61. The van der Waals surface area contributed by atoms with Crippen molar-refractivity contribution in [2.45, 2.75) is 0 Å². The van der Waals surface area contributed by atoms with Gasteiger partial charge in [0.05, 0.1) is 0 Å². The Labute approximate surface area is 72.2 Å². The molecule has 5 heavy (non-hydrogen) atoms. The van der Waals surface area contributed by atoms with Crippen molar-refractivity contribution in [1.82, 2.24) is 0 Å². The predicted octanol–water partition coefficient (Wildman–Crippen LogP) is -0.775. The molecule has 0 aromatic carbocycles. The van der Waals surface area contributed by atoms with Crippen LogP contribution < -0.4 is 0 Å². The van der Waals surface area contributed by atoms with Gasteiger partial charge < -0.3 is 0 Å². The van der Waals surface area contributed by atoms with E-state index in [1.165, 1.54) is 0 Å². The van der Waals surface area contributed by atoms with E-state index >= 15 is 0 Å². The van der Waals surface area contributed by atoms with Crippen molar-refractivity contribution in [3.63, 3.8) is 0 Å². The zero-order valence-corrected chi connectivity index (χ0v) is 4.98. The van der Waals surface area contributed by atoms with Gasteiger partial charge in [-0.05, 0) is 0 Å². The molecule has 0 atom stereocenters.